The van der Waals surface area contributed by atoms with Crippen LogP contribution in [0.5, 0.6) is 0 Å². The summed E-state index contributed by atoms with van der Waals surface area (Å²) < 4.78 is 0. The largest absolute Gasteiger partial charge is 0.377 e. The van der Waals surface area contributed by atoms with Crippen LogP contribution < -0.4 is 5.32 Å². The Bertz CT molecular complexity index is 210. The SMILES string of the molecule is Cc1cccc(NCO)c1. The average Bonchev–Trinajstić information content (AvgIpc) is 1.88. The first kappa shape index (κ1) is 7.09. The summed E-state index contributed by atoms with van der Waals surface area (Å²) in [6, 6.07) is 7.87. The molecule has 54 valence electrons. The number of aryl methyl sites for hydroxylation is 1. The van der Waals surface area contributed by atoms with Gasteiger partial charge in [-0.2, -0.15) is 0 Å². The van der Waals surface area contributed by atoms with Crippen LogP contribution in [-0.2, 0) is 0 Å². The molecule has 0 fully saturated rings. The van der Waals surface area contributed by atoms with Crippen molar-refractivity contribution in [1.29, 1.82) is 0 Å². The van der Waals surface area contributed by atoms with Crippen LogP contribution in [0.1, 0.15) is 5.56 Å². The van der Waals surface area contributed by atoms with Crippen LogP contribution in [0, 0.1) is 6.92 Å². The molecule has 0 atom stereocenters. The normalized spacial score (nSPS) is 9.40. The zero-order chi connectivity index (χ0) is 7.40. The fourth-order valence-electron chi connectivity index (χ4n) is 0.846. The monoisotopic (exact) mass is 137 g/mol. The second-order valence-corrected chi connectivity index (χ2v) is 2.20. The van der Waals surface area contributed by atoms with Crippen molar-refractivity contribution in [2.75, 3.05) is 12.0 Å². The first-order valence-electron chi connectivity index (χ1n) is 3.24. The molecule has 1 aromatic rings. The van der Waals surface area contributed by atoms with E-state index in [2.05, 4.69) is 5.32 Å². The fraction of sp³-hybridized carbons (Fsp3) is 0.250. The Balaban J connectivity index is 2.75. The van der Waals surface area contributed by atoms with Crippen molar-refractivity contribution < 1.29 is 5.11 Å². The van der Waals surface area contributed by atoms with Crippen molar-refractivity contribution in [2.24, 2.45) is 0 Å². The number of aliphatic hydroxyl groups excluding tert-OH is 1. The van der Waals surface area contributed by atoms with E-state index in [0.717, 1.165) is 5.69 Å². The standard InChI is InChI=1S/C8H11NO/c1-7-3-2-4-8(5-7)9-6-10/h2-5,9-10H,6H2,1H3. The van der Waals surface area contributed by atoms with E-state index in [1.165, 1.54) is 5.56 Å². The molecule has 2 N–H and O–H groups in total. The molecule has 0 aliphatic heterocycles. The molecule has 0 aliphatic rings. The summed E-state index contributed by atoms with van der Waals surface area (Å²) in [5.41, 5.74) is 2.15. The minimum absolute atomic E-state index is 0.0105. The molecule has 0 saturated carbocycles. The number of aliphatic hydroxyl groups is 1. The van der Waals surface area contributed by atoms with Crippen molar-refractivity contribution in [3.63, 3.8) is 0 Å². The maximum Gasteiger partial charge on any atom is 0.113 e. The highest BCUT2D eigenvalue weighted by Crippen LogP contribution is 2.07. The van der Waals surface area contributed by atoms with Crippen LogP contribution in [-0.4, -0.2) is 11.8 Å². The third kappa shape index (κ3) is 1.74. The highest BCUT2D eigenvalue weighted by Gasteiger charge is 1.87. The molecule has 0 amide bonds. The lowest BCUT2D eigenvalue weighted by atomic mass is 10.2. The Morgan fingerprint density at radius 1 is 1.50 bits per heavy atom. The highest BCUT2D eigenvalue weighted by molar-refractivity contribution is 5.44. The molecule has 10 heavy (non-hydrogen) atoms. The van der Waals surface area contributed by atoms with E-state index < -0.39 is 0 Å². The van der Waals surface area contributed by atoms with E-state index in [-0.39, 0.29) is 6.73 Å². The Labute approximate surface area is 60.5 Å². The van der Waals surface area contributed by atoms with Crippen LogP contribution in [0.4, 0.5) is 5.69 Å². The molecule has 0 spiro atoms. The first-order valence-corrected chi connectivity index (χ1v) is 3.24. The smallest absolute Gasteiger partial charge is 0.113 e. The molecule has 2 heteroatoms. The highest BCUT2D eigenvalue weighted by atomic mass is 16.3. The minimum atomic E-state index is -0.0105. The third-order valence-electron chi connectivity index (χ3n) is 1.30. The number of hydrogen-bond acceptors (Lipinski definition) is 2. The van der Waals surface area contributed by atoms with Crippen molar-refractivity contribution >= 4 is 5.69 Å². The van der Waals surface area contributed by atoms with Gasteiger partial charge in [0.25, 0.3) is 0 Å². The van der Waals surface area contributed by atoms with E-state index in [1.54, 1.807) is 0 Å². The Kier molecular flexibility index (Phi) is 2.29. The molecule has 0 saturated heterocycles. The van der Waals surface area contributed by atoms with Crippen molar-refractivity contribution in [1.82, 2.24) is 0 Å². The van der Waals surface area contributed by atoms with Crippen LogP contribution in [0.15, 0.2) is 24.3 Å². The quantitative estimate of drug-likeness (QED) is 0.603. The maximum absolute atomic E-state index is 8.50. The van der Waals surface area contributed by atoms with E-state index >= 15 is 0 Å². The van der Waals surface area contributed by atoms with Gasteiger partial charge in [-0.15, -0.1) is 0 Å². The maximum atomic E-state index is 8.50. The van der Waals surface area contributed by atoms with Gasteiger partial charge in [-0.3, -0.25) is 0 Å². The van der Waals surface area contributed by atoms with Gasteiger partial charge >= 0.3 is 0 Å². The predicted molar refractivity (Wildman–Crippen MR) is 41.9 cm³/mol. The zero-order valence-electron chi connectivity index (χ0n) is 5.96. The fourth-order valence-corrected chi connectivity index (χ4v) is 0.846. The molecule has 2 nitrogen and oxygen atoms in total. The summed E-state index contributed by atoms with van der Waals surface area (Å²) in [5.74, 6) is 0. The Morgan fingerprint density at radius 3 is 2.90 bits per heavy atom. The second kappa shape index (κ2) is 3.22. The van der Waals surface area contributed by atoms with Gasteiger partial charge in [-0.25, -0.2) is 0 Å². The topological polar surface area (TPSA) is 32.3 Å². The van der Waals surface area contributed by atoms with Gasteiger partial charge in [0.1, 0.15) is 6.73 Å². The molecule has 0 heterocycles. The molecule has 1 aromatic carbocycles. The third-order valence-corrected chi connectivity index (χ3v) is 1.30. The summed E-state index contributed by atoms with van der Waals surface area (Å²) >= 11 is 0. The number of anilines is 1. The van der Waals surface area contributed by atoms with E-state index in [0.29, 0.717) is 0 Å². The van der Waals surface area contributed by atoms with Crippen LogP contribution in [0.25, 0.3) is 0 Å². The molecule has 0 aliphatic carbocycles. The number of rotatable bonds is 2. The summed E-state index contributed by atoms with van der Waals surface area (Å²) in [4.78, 5) is 0. The molecule has 0 radical (unpaired) electrons. The molecule has 0 unspecified atom stereocenters. The number of hydrogen-bond donors (Lipinski definition) is 2. The van der Waals surface area contributed by atoms with Crippen LogP contribution in [0.2, 0.25) is 0 Å². The van der Waals surface area contributed by atoms with Crippen LogP contribution in [0.3, 0.4) is 0 Å². The summed E-state index contributed by atoms with van der Waals surface area (Å²) in [5, 5.41) is 11.3. The van der Waals surface area contributed by atoms with Gasteiger partial charge in [0.15, 0.2) is 0 Å². The second-order valence-electron chi connectivity index (χ2n) is 2.20. The first-order chi connectivity index (χ1) is 4.83. The molecule has 0 bridgehead atoms. The number of benzene rings is 1. The molecule has 1 rings (SSSR count). The summed E-state index contributed by atoms with van der Waals surface area (Å²) in [7, 11) is 0. The minimum Gasteiger partial charge on any atom is -0.377 e. The molecular weight excluding hydrogens is 126 g/mol. The van der Waals surface area contributed by atoms with Gasteiger partial charge in [-0.1, -0.05) is 12.1 Å². The van der Waals surface area contributed by atoms with Gasteiger partial charge in [0.2, 0.25) is 0 Å². The zero-order valence-corrected chi connectivity index (χ0v) is 5.96. The van der Waals surface area contributed by atoms with Gasteiger partial charge in [-0.05, 0) is 24.6 Å². The predicted octanol–water partition coefficient (Wildman–Crippen LogP) is 1.36. The van der Waals surface area contributed by atoms with Gasteiger partial charge in [0, 0.05) is 5.69 Å². The lowest BCUT2D eigenvalue weighted by Crippen LogP contribution is -1.98. The van der Waals surface area contributed by atoms with E-state index in [9.17, 15) is 0 Å². The summed E-state index contributed by atoms with van der Waals surface area (Å²) in [6.45, 7) is 2.01. The van der Waals surface area contributed by atoms with Gasteiger partial charge < -0.3 is 10.4 Å². The van der Waals surface area contributed by atoms with Crippen LogP contribution >= 0.6 is 0 Å². The molecule has 0 aromatic heterocycles. The average molecular weight is 137 g/mol. The Hall–Kier alpha value is -1.02. The van der Waals surface area contributed by atoms with Crippen molar-refractivity contribution in [3.05, 3.63) is 29.8 Å². The lowest BCUT2D eigenvalue weighted by Gasteiger charge is -2.01. The lowest BCUT2D eigenvalue weighted by molar-refractivity contribution is 0.325. The van der Waals surface area contributed by atoms with Crippen molar-refractivity contribution in [2.45, 2.75) is 6.92 Å². The Morgan fingerprint density at radius 2 is 2.30 bits per heavy atom. The molecular formula is C8H11NO. The van der Waals surface area contributed by atoms with Gasteiger partial charge in [0.05, 0.1) is 0 Å². The summed E-state index contributed by atoms with van der Waals surface area (Å²) in [6.07, 6.45) is 0. The van der Waals surface area contributed by atoms with Crippen molar-refractivity contribution in [3.8, 4) is 0 Å². The van der Waals surface area contributed by atoms with E-state index in [4.69, 9.17) is 5.11 Å². The van der Waals surface area contributed by atoms with E-state index in [1.807, 2.05) is 31.2 Å². The number of nitrogens with one attached hydrogen (secondary N) is 1.